The van der Waals surface area contributed by atoms with Crippen LogP contribution in [0.5, 0.6) is 0 Å². The summed E-state index contributed by atoms with van der Waals surface area (Å²) in [6, 6.07) is -0.978. The Morgan fingerprint density at radius 3 is 2.81 bits per heavy atom. The van der Waals surface area contributed by atoms with Gasteiger partial charge in [-0.2, -0.15) is 9.36 Å². The molecule has 2 aliphatic rings. The largest absolute Gasteiger partial charge is 0.477 e. The number of thioether (sulfide) groups is 2. The average molecular weight is 568 g/mol. The zero-order valence-electron chi connectivity index (χ0n) is 19.6. The molecule has 2 aromatic rings. The van der Waals surface area contributed by atoms with Crippen LogP contribution in [0.3, 0.4) is 0 Å². The molecule has 4 heterocycles. The van der Waals surface area contributed by atoms with E-state index in [9.17, 15) is 19.5 Å². The Morgan fingerprint density at radius 1 is 1.41 bits per heavy atom. The zero-order chi connectivity index (χ0) is 26.9. The first-order valence-corrected chi connectivity index (χ1v) is 13.5. The maximum atomic E-state index is 13.0. The molecule has 0 spiro atoms. The van der Waals surface area contributed by atoms with E-state index in [4.69, 9.17) is 22.1 Å². The predicted octanol–water partition coefficient (Wildman–Crippen LogP) is -1.32. The number of carboxylic acids is 1. The first-order valence-electron chi connectivity index (χ1n) is 10.7. The number of amides is 2. The van der Waals surface area contributed by atoms with E-state index in [0.29, 0.717) is 27.9 Å². The number of aryl methyl sites for hydroxylation is 1. The summed E-state index contributed by atoms with van der Waals surface area (Å²) >= 11 is 3.40. The number of carbonyl (C=O) groups excluding carboxylic acids is 2. The van der Waals surface area contributed by atoms with Gasteiger partial charge in [-0.05, 0) is 36.2 Å². The number of rotatable bonds is 9. The normalized spacial score (nSPS) is 19.4. The number of carbonyl (C=O) groups is 3. The molecule has 1 unspecified atom stereocenters. The molecular weight excluding hydrogens is 544 g/mol. The van der Waals surface area contributed by atoms with E-state index in [0.717, 1.165) is 11.5 Å². The molecule has 0 saturated carbocycles. The number of aliphatic carboxylic acids is 1. The Labute approximate surface area is 222 Å². The fourth-order valence-corrected chi connectivity index (χ4v) is 6.30. The van der Waals surface area contributed by atoms with Crippen molar-refractivity contribution in [2.75, 3.05) is 35.4 Å². The molecule has 1 saturated heterocycles. The van der Waals surface area contributed by atoms with Crippen molar-refractivity contribution in [2.24, 2.45) is 5.16 Å². The quantitative estimate of drug-likeness (QED) is 0.0451. The Hall–Kier alpha value is -3.64. The second-order valence-electron chi connectivity index (χ2n) is 7.72. The van der Waals surface area contributed by atoms with Gasteiger partial charge in [-0.15, -0.1) is 16.4 Å². The summed E-state index contributed by atoms with van der Waals surface area (Å²) in [5.41, 5.74) is 12.3. The molecule has 0 aromatic carbocycles. The van der Waals surface area contributed by atoms with E-state index in [1.54, 1.807) is 20.0 Å². The molecule has 2 atom stereocenters. The first-order chi connectivity index (χ1) is 17.6. The van der Waals surface area contributed by atoms with Crippen molar-refractivity contribution in [1.82, 2.24) is 24.6 Å². The molecule has 37 heavy (non-hydrogen) atoms. The van der Waals surface area contributed by atoms with Crippen molar-refractivity contribution in [3.8, 4) is 0 Å². The number of carboxylic acid groups (broad SMARTS) is 1. The van der Waals surface area contributed by atoms with Gasteiger partial charge in [0.1, 0.15) is 29.9 Å². The molecule has 4 rings (SSSR count). The topological polar surface area (TPSA) is 229 Å². The van der Waals surface area contributed by atoms with Gasteiger partial charge in [0.15, 0.2) is 5.13 Å². The van der Waals surface area contributed by atoms with Crippen LogP contribution in [0, 0.1) is 6.92 Å². The van der Waals surface area contributed by atoms with Crippen LogP contribution in [0.25, 0.3) is 0 Å². The third-order valence-corrected chi connectivity index (χ3v) is 8.17. The maximum absolute atomic E-state index is 13.0. The molecule has 8 N–H and O–H groups in total. The highest BCUT2D eigenvalue weighted by Gasteiger charge is 2.54. The van der Waals surface area contributed by atoms with Crippen molar-refractivity contribution >= 4 is 69.5 Å². The number of hydrogen-bond acceptors (Lipinski definition) is 14. The molecule has 2 aromatic heterocycles. The maximum Gasteiger partial charge on any atom is 0.384 e. The second-order valence-corrected chi connectivity index (χ2v) is 10.6. The number of β-lactam (4-membered cyclic amide) rings is 1. The molecule has 2 amide bonds. The van der Waals surface area contributed by atoms with Crippen LogP contribution < -0.4 is 27.3 Å². The number of nitrogens with two attached hydrogens (primary N) is 3. The van der Waals surface area contributed by atoms with E-state index < -0.39 is 29.2 Å². The number of nitrogens with zero attached hydrogens (tertiary/aromatic N) is 6. The van der Waals surface area contributed by atoms with E-state index >= 15 is 0 Å². The molecule has 0 bridgehead atoms. The number of hydrogen-bond donors (Lipinski definition) is 5. The minimum absolute atomic E-state index is 0.0405. The second kappa shape index (κ2) is 10.8. The lowest BCUT2D eigenvalue weighted by atomic mass is 10.0. The van der Waals surface area contributed by atoms with Gasteiger partial charge in [0.25, 0.3) is 11.8 Å². The average Bonchev–Trinajstić information content (AvgIpc) is 3.29. The SMILES string of the molecule is CCO/N=C(\C(=O)NC1C(=O)N2C(C(=O)O)=C(CSc3nc(N)c(C)c[n+]3N)CS[C@H]12)c1nsc(N)n1. The molecule has 15 nitrogen and oxygen atoms in total. The molecule has 0 aliphatic carbocycles. The van der Waals surface area contributed by atoms with Crippen molar-refractivity contribution in [3.05, 3.63) is 28.9 Å². The Bertz CT molecular complexity index is 1330. The first kappa shape index (κ1) is 26.4. The molecule has 0 radical (unpaired) electrons. The Morgan fingerprint density at radius 2 is 2.16 bits per heavy atom. The summed E-state index contributed by atoms with van der Waals surface area (Å²) in [6.45, 7) is 3.63. The molecule has 2 aliphatic heterocycles. The van der Waals surface area contributed by atoms with Crippen LogP contribution in [0.4, 0.5) is 10.9 Å². The highest BCUT2D eigenvalue weighted by atomic mass is 32.2. The van der Waals surface area contributed by atoms with E-state index in [1.165, 1.54) is 33.1 Å². The van der Waals surface area contributed by atoms with Gasteiger partial charge < -0.3 is 26.7 Å². The lowest BCUT2D eigenvalue weighted by Crippen LogP contribution is -2.71. The highest BCUT2D eigenvalue weighted by Crippen LogP contribution is 2.41. The van der Waals surface area contributed by atoms with Crippen LogP contribution in [-0.2, 0) is 19.2 Å². The van der Waals surface area contributed by atoms with Gasteiger partial charge in [0.2, 0.25) is 17.4 Å². The van der Waals surface area contributed by atoms with Gasteiger partial charge in [-0.3, -0.25) is 20.3 Å². The lowest BCUT2D eigenvalue weighted by Gasteiger charge is -2.49. The molecular formula is C19H23N10O5S3+. The third kappa shape index (κ3) is 5.25. The fourth-order valence-electron chi connectivity index (χ4n) is 3.49. The number of anilines is 2. The van der Waals surface area contributed by atoms with Gasteiger partial charge >= 0.3 is 11.1 Å². The van der Waals surface area contributed by atoms with Gasteiger partial charge in [0.05, 0.1) is 5.56 Å². The minimum Gasteiger partial charge on any atom is -0.477 e. The number of nitrogen functional groups attached to an aromatic ring is 3. The summed E-state index contributed by atoms with van der Waals surface area (Å²) in [7, 11) is 0. The number of oxime groups is 1. The summed E-state index contributed by atoms with van der Waals surface area (Å²) in [5.74, 6) is 4.18. The van der Waals surface area contributed by atoms with Crippen LogP contribution in [-0.4, -0.2) is 77.4 Å². The number of fused-ring (bicyclic) bond motifs is 1. The molecule has 1 fully saturated rings. The van der Waals surface area contributed by atoms with Gasteiger partial charge in [0, 0.05) is 23.0 Å². The van der Waals surface area contributed by atoms with Crippen molar-refractivity contribution < 1.29 is 29.0 Å². The number of nitrogens with one attached hydrogen (secondary N) is 1. The fraction of sp³-hybridized carbons (Fsp3) is 0.368. The Balaban J connectivity index is 1.50. The van der Waals surface area contributed by atoms with Crippen molar-refractivity contribution in [3.63, 3.8) is 0 Å². The summed E-state index contributed by atoms with van der Waals surface area (Å²) in [6.07, 6.45) is 1.62. The zero-order valence-corrected chi connectivity index (χ0v) is 22.0. The monoisotopic (exact) mass is 567 g/mol. The van der Waals surface area contributed by atoms with Gasteiger partial charge in [-0.25, -0.2) is 4.79 Å². The lowest BCUT2D eigenvalue weighted by molar-refractivity contribution is -0.682. The summed E-state index contributed by atoms with van der Waals surface area (Å²) < 4.78 is 5.28. The van der Waals surface area contributed by atoms with Crippen molar-refractivity contribution in [1.29, 1.82) is 0 Å². The standard InChI is InChI=1S/C19H22N10O5S3/c1-3-34-26-9(13-25-18(21)37-27-13)14(30)23-10-15(31)29-11(17(32)33)8(5-35-16(10)29)6-36-19-24-12(20)7(2)4-28(19)22/h4,10,16,20H,3,5-6,22H2,1-2H3,(H4,21,23,25,27,30,32,33)/p+1/b26-9-/t10?,16-/m1/s1. The van der Waals surface area contributed by atoms with Crippen molar-refractivity contribution in [2.45, 2.75) is 30.4 Å². The van der Waals surface area contributed by atoms with Gasteiger partial charge in [-0.1, -0.05) is 5.16 Å². The summed E-state index contributed by atoms with van der Waals surface area (Å²) in [4.78, 5) is 52.4. The minimum atomic E-state index is -1.25. The van der Waals surface area contributed by atoms with E-state index in [2.05, 4.69) is 24.8 Å². The molecule has 18 heteroatoms. The molecule has 196 valence electrons. The van der Waals surface area contributed by atoms with E-state index in [-0.39, 0.29) is 34.7 Å². The van der Waals surface area contributed by atoms with Crippen LogP contribution in [0.1, 0.15) is 18.3 Å². The number of aromatic nitrogens is 4. The van der Waals surface area contributed by atoms with Crippen LogP contribution >= 0.6 is 35.1 Å². The highest BCUT2D eigenvalue weighted by molar-refractivity contribution is 8.01. The van der Waals surface area contributed by atoms with Crippen LogP contribution in [0.2, 0.25) is 0 Å². The third-order valence-electron chi connectivity index (χ3n) is 5.24. The van der Waals surface area contributed by atoms with Crippen LogP contribution in [0.15, 0.2) is 27.8 Å². The smallest absolute Gasteiger partial charge is 0.384 e. The predicted molar refractivity (Wildman–Crippen MR) is 137 cm³/mol. The Kier molecular flexibility index (Phi) is 7.69. The van der Waals surface area contributed by atoms with E-state index in [1.807, 2.05) is 0 Å². The summed E-state index contributed by atoms with van der Waals surface area (Å²) in [5, 5.41) is 16.2.